The minimum absolute atomic E-state index is 0.00990. The zero-order chi connectivity index (χ0) is 21.1. The monoisotopic (exact) mass is 436 g/mol. The molecule has 1 saturated heterocycles. The highest BCUT2D eigenvalue weighted by atomic mass is 32.2. The number of amides is 2. The van der Waals surface area contributed by atoms with Crippen molar-refractivity contribution in [3.05, 3.63) is 41.7 Å². The fourth-order valence-corrected chi connectivity index (χ4v) is 4.43. The van der Waals surface area contributed by atoms with Crippen LogP contribution in [-0.4, -0.2) is 69.0 Å². The van der Waals surface area contributed by atoms with Gasteiger partial charge in [0.1, 0.15) is 23.8 Å². The van der Waals surface area contributed by atoms with Gasteiger partial charge in [0.2, 0.25) is 10.0 Å². The maximum atomic E-state index is 12.6. The van der Waals surface area contributed by atoms with E-state index in [1.54, 1.807) is 6.07 Å². The molecule has 1 aromatic heterocycles. The van der Waals surface area contributed by atoms with E-state index in [1.807, 2.05) is 0 Å². The predicted molar refractivity (Wildman–Crippen MR) is 103 cm³/mol. The summed E-state index contributed by atoms with van der Waals surface area (Å²) in [4.78, 5) is 27.2. The zero-order valence-corrected chi connectivity index (χ0v) is 16.7. The van der Waals surface area contributed by atoms with Crippen LogP contribution in [0.3, 0.4) is 0 Å². The number of carbonyl (C=O) groups is 2. The highest BCUT2D eigenvalue weighted by Crippen LogP contribution is 2.30. The second-order valence-corrected chi connectivity index (χ2v) is 8.47. The molecular formula is C18H20N4O7S. The van der Waals surface area contributed by atoms with Crippen LogP contribution in [0.15, 0.2) is 35.4 Å². The molecule has 1 aromatic carbocycles. The summed E-state index contributed by atoms with van der Waals surface area (Å²) in [6.45, 7) is 1.97. The molecule has 0 saturated carbocycles. The Labute approximate surface area is 172 Å². The molecule has 2 aliphatic rings. The maximum Gasteiger partial charge on any atom is 0.286 e. The molecule has 0 bridgehead atoms. The number of nitrogens with zero attached hydrogens (tertiary/aromatic N) is 1. The molecule has 0 atom stereocenters. The lowest BCUT2D eigenvalue weighted by molar-refractivity contribution is 0.0730. The number of benzene rings is 1. The van der Waals surface area contributed by atoms with Crippen molar-refractivity contribution >= 4 is 21.8 Å². The van der Waals surface area contributed by atoms with Gasteiger partial charge in [-0.1, -0.05) is 0 Å². The lowest BCUT2D eigenvalue weighted by atomic mass is 10.2. The van der Waals surface area contributed by atoms with Crippen LogP contribution in [0.1, 0.15) is 20.8 Å². The van der Waals surface area contributed by atoms with Gasteiger partial charge in [0, 0.05) is 24.8 Å². The van der Waals surface area contributed by atoms with Crippen molar-refractivity contribution in [3.8, 4) is 11.5 Å². The minimum Gasteiger partial charge on any atom is -0.486 e. The second kappa shape index (κ2) is 8.34. The molecule has 0 radical (unpaired) electrons. The Morgan fingerprint density at radius 3 is 2.40 bits per heavy atom. The van der Waals surface area contributed by atoms with Gasteiger partial charge in [-0.3, -0.25) is 20.4 Å². The summed E-state index contributed by atoms with van der Waals surface area (Å²) in [6, 6.07) is 5.88. The van der Waals surface area contributed by atoms with Crippen LogP contribution < -0.4 is 20.3 Å². The molecule has 3 heterocycles. The molecule has 3 N–H and O–H groups in total. The molecule has 2 amide bonds. The molecule has 2 aliphatic heterocycles. The van der Waals surface area contributed by atoms with Crippen molar-refractivity contribution < 1.29 is 32.2 Å². The van der Waals surface area contributed by atoms with Crippen molar-refractivity contribution in [2.75, 3.05) is 39.5 Å². The number of morpholine rings is 1. The minimum atomic E-state index is -3.73. The van der Waals surface area contributed by atoms with Gasteiger partial charge in [0.15, 0.2) is 11.5 Å². The number of nitrogens with one attached hydrogen (secondary N) is 3. The number of rotatable bonds is 4. The first-order chi connectivity index (χ1) is 14.4. The molecule has 1 fully saturated rings. The highest BCUT2D eigenvalue weighted by Gasteiger charge is 2.28. The number of aromatic nitrogens is 1. The molecule has 11 nitrogen and oxygen atoms in total. The highest BCUT2D eigenvalue weighted by molar-refractivity contribution is 7.89. The summed E-state index contributed by atoms with van der Waals surface area (Å²) in [5, 5.41) is 0. The van der Waals surface area contributed by atoms with Crippen molar-refractivity contribution in [1.29, 1.82) is 0 Å². The van der Waals surface area contributed by atoms with Gasteiger partial charge in [-0.25, -0.2) is 8.42 Å². The fourth-order valence-electron chi connectivity index (χ4n) is 3.03. The Kier molecular flexibility index (Phi) is 5.61. The molecule has 30 heavy (non-hydrogen) atoms. The van der Waals surface area contributed by atoms with Crippen molar-refractivity contribution in [3.63, 3.8) is 0 Å². The third-order valence-corrected chi connectivity index (χ3v) is 6.48. The van der Waals surface area contributed by atoms with Crippen LogP contribution in [0, 0.1) is 0 Å². The van der Waals surface area contributed by atoms with E-state index in [2.05, 4.69) is 15.8 Å². The van der Waals surface area contributed by atoms with Crippen molar-refractivity contribution in [2.24, 2.45) is 0 Å². The van der Waals surface area contributed by atoms with Gasteiger partial charge in [-0.15, -0.1) is 0 Å². The number of fused-ring (bicyclic) bond motifs is 1. The van der Waals surface area contributed by atoms with Crippen molar-refractivity contribution in [2.45, 2.75) is 4.90 Å². The van der Waals surface area contributed by atoms with Gasteiger partial charge in [0.25, 0.3) is 11.8 Å². The van der Waals surface area contributed by atoms with Crippen LogP contribution in [0.4, 0.5) is 0 Å². The van der Waals surface area contributed by atoms with E-state index in [0.717, 1.165) is 0 Å². The average molecular weight is 436 g/mol. The van der Waals surface area contributed by atoms with Gasteiger partial charge in [0.05, 0.1) is 13.2 Å². The van der Waals surface area contributed by atoms with Gasteiger partial charge >= 0.3 is 0 Å². The summed E-state index contributed by atoms with van der Waals surface area (Å²) < 4.78 is 42.5. The van der Waals surface area contributed by atoms with Gasteiger partial charge in [-0.05, 0) is 24.3 Å². The normalized spacial score (nSPS) is 16.7. The molecule has 0 unspecified atom stereocenters. The molecule has 12 heteroatoms. The average Bonchev–Trinajstić information content (AvgIpc) is 3.29. The van der Waals surface area contributed by atoms with E-state index >= 15 is 0 Å². The SMILES string of the molecule is O=C(NNC(=O)c1cc(S(=O)(=O)N2CCOCC2)c[nH]1)c1ccc2c(c1)OCCO2. The molecule has 4 rings (SSSR count). The summed E-state index contributed by atoms with van der Waals surface area (Å²) in [5.41, 5.74) is 4.79. The second-order valence-electron chi connectivity index (χ2n) is 6.53. The van der Waals surface area contributed by atoms with Crippen LogP contribution >= 0.6 is 0 Å². The van der Waals surface area contributed by atoms with E-state index in [9.17, 15) is 18.0 Å². The molecule has 0 aliphatic carbocycles. The van der Waals surface area contributed by atoms with E-state index in [4.69, 9.17) is 14.2 Å². The number of hydrogen-bond donors (Lipinski definition) is 3. The van der Waals surface area contributed by atoms with Crippen LogP contribution in [0.5, 0.6) is 11.5 Å². The first-order valence-corrected chi connectivity index (χ1v) is 10.7. The molecular weight excluding hydrogens is 416 g/mol. The standard InChI is InChI=1S/C18H20N4O7S/c23-17(12-1-2-15-16(9-12)29-8-7-28-15)20-21-18(24)14-10-13(11-19-14)30(25,26)22-3-5-27-6-4-22/h1-2,9-11,19H,3-8H2,(H,20,23)(H,21,24). The summed E-state index contributed by atoms with van der Waals surface area (Å²) in [5.74, 6) is -0.262. The number of hydrazine groups is 1. The Morgan fingerprint density at radius 2 is 1.63 bits per heavy atom. The first kappa shape index (κ1) is 20.2. The Hall–Kier alpha value is -3.09. The molecule has 2 aromatic rings. The molecule has 160 valence electrons. The van der Waals surface area contributed by atoms with Crippen molar-refractivity contribution in [1.82, 2.24) is 20.1 Å². The smallest absolute Gasteiger partial charge is 0.286 e. The van der Waals surface area contributed by atoms with Gasteiger partial charge < -0.3 is 19.2 Å². The number of H-pyrrole nitrogens is 1. The van der Waals surface area contributed by atoms with E-state index in [1.165, 1.54) is 28.7 Å². The lowest BCUT2D eigenvalue weighted by Gasteiger charge is -2.25. The Balaban J connectivity index is 1.38. The van der Waals surface area contributed by atoms with Crippen LogP contribution in [0.2, 0.25) is 0 Å². The first-order valence-electron chi connectivity index (χ1n) is 9.22. The number of carbonyl (C=O) groups excluding carboxylic acids is 2. The Bertz CT molecular complexity index is 1060. The summed E-state index contributed by atoms with van der Waals surface area (Å²) in [7, 11) is -3.73. The lowest BCUT2D eigenvalue weighted by Crippen LogP contribution is -2.42. The summed E-state index contributed by atoms with van der Waals surface area (Å²) in [6.07, 6.45) is 1.24. The summed E-state index contributed by atoms with van der Waals surface area (Å²) >= 11 is 0. The van der Waals surface area contributed by atoms with E-state index < -0.39 is 21.8 Å². The predicted octanol–water partition coefficient (Wildman–Crippen LogP) is -0.118. The topological polar surface area (TPSA) is 139 Å². The molecule has 0 spiro atoms. The van der Waals surface area contributed by atoms with Crippen LogP contribution in [-0.2, 0) is 14.8 Å². The fraction of sp³-hybridized carbons (Fsp3) is 0.333. The van der Waals surface area contributed by atoms with Gasteiger partial charge in [-0.2, -0.15) is 4.31 Å². The number of aromatic amines is 1. The quantitative estimate of drug-likeness (QED) is 0.568. The zero-order valence-electron chi connectivity index (χ0n) is 15.8. The number of hydrogen-bond acceptors (Lipinski definition) is 7. The number of sulfonamides is 1. The van der Waals surface area contributed by atoms with E-state index in [-0.39, 0.29) is 29.2 Å². The maximum absolute atomic E-state index is 12.6. The number of ether oxygens (including phenoxy) is 3. The Morgan fingerprint density at radius 1 is 0.933 bits per heavy atom. The van der Waals surface area contributed by atoms with E-state index in [0.29, 0.717) is 37.9 Å². The third-order valence-electron chi connectivity index (χ3n) is 4.60. The van der Waals surface area contributed by atoms with Crippen LogP contribution in [0.25, 0.3) is 0 Å². The third kappa shape index (κ3) is 4.10. The largest absolute Gasteiger partial charge is 0.486 e.